The molecule has 2 amide bonds. The number of allylic oxidation sites excluding steroid dienone is 3. The number of rotatable bonds is 2. The van der Waals surface area contributed by atoms with Crippen LogP contribution in [0.25, 0.3) is 0 Å². The summed E-state index contributed by atoms with van der Waals surface area (Å²) < 4.78 is 42.2. The molecule has 0 fully saturated rings. The minimum atomic E-state index is -5.12. The van der Waals surface area contributed by atoms with Gasteiger partial charge in [0.05, 0.1) is 0 Å². The van der Waals surface area contributed by atoms with E-state index in [0.717, 1.165) is 14.7 Å². The maximum absolute atomic E-state index is 12.1. The standard InChI is InChI=1S/C13H15F3INO3/c1-6(2)8-5-9(17)7(3)4-10(8)21-12(20)18-11(19)13(14,15)16/h6H,4-5H2,1-3H3,(H,18,19,20). The number of imide groups is 1. The predicted octanol–water partition coefficient (Wildman–Crippen LogP) is 4.21. The van der Waals surface area contributed by atoms with E-state index in [4.69, 9.17) is 4.74 Å². The zero-order valence-corrected chi connectivity index (χ0v) is 13.9. The largest absolute Gasteiger partial charge is 0.471 e. The Bertz CT molecular complexity index is 521. The van der Waals surface area contributed by atoms with Gasteiger partial charge in [-0.15, -0.1) is 0 Å². The van der Waals surface area contributed by atoms with E-state index in [-0.39, 0.29) is 5.92 Å². The molecular weight excluding hydrogens is 402 g/mol. The lowest BCUT2D eigenvalue weighted by atomic mass is 9.91. The first-order chi connectivity index (χ1) is 9.52. The highest BCUT2D eigenvalue weighted by molar-refractivity contribution is 14.1. The van der Waals surface area contributed by atoms with E-state index >= 15 is 0 Å². The fraction of sp³-hybridized carbons (Fsp3) is 0.538. The molecule has 4 nitrogen and oxygen atoms in total. The molecule has 118 valence electrons. The lowest BCUT2D eigenvalue weighted by Crippen LogP contribution is -2.40. The Balaban J connectivity index is 2.82. The van der Waals surface area contributed by atoms with Gasteiger partial charge in [0.25, 0.3) is 0 Å². The minimum absolute atomic E-state index is 0.0870. The molecule has 0 aromatic carbocycles. The second kappa shape index (κ2) is 6.80. The molecule has 0 saturated heterocycles. The molecule has 0 saturated carbocycles. The second-order valence-corrected chi connectivity index (χ2v) is 6.29. The van der Waals surface area contributed by atoms with Crippen LogP contribution in [0.3, 0.4) is 0 Å². The Labute approximate surface area is 133 Å². The average Bonchev–Trinajstić information content (AvgIpc) is 2.31. The quantitative estimate of drug-likeness (QED) is 0.685. The van der Waals surface area contributed by atoms with E-state index in [0.29, 0.717) is 18.6 Å². The zero-order chi connectivity index (χ0) is 16.4. The van der Waals surface area contributed by atoms with Crippen LogP contribution in [0.4, 0.5) is 18.0 Å². The average molecular weight is 417 g/mol. The molecular formula is C13H15F3INO3. The number of alkyl carbamates (subject to hydrolysis) is 1. The highest BCUT2D eigenvalue weighted by Gasteiger charge is 2.40. The van der Waals surface area contributed by atoms with Crippen LogP contribution in [0.15, 0.2) is 20.5 Å². The van der Waals surface area contributed by atoms with Gasteiger partial charge in [0, 0.05) is 12.8 Å². The van der Waals surface area contributed by atoms with Gasteiger partial charge >= 0.3 is 18.2 Å². The Morgan fingerprint density at radius 1 is 1.29 bits per heavy atom. The van der Waals surface area contributed by atoms with Crippen molar-refractivity contribution >= 4 is 34.6 Å². The van der Waals surface area contributed by atoms with Gasteiger partial charge in [0.1, 0.15) is 5.76 Å². The molecule has 1 aliphatic rings. The van der Waals surface area contributed by atoms with E-state index in [1.807, 2.05) is 20.8 Å². The molecule has 1 N–H and O–H groups in total. The van der Waals surface area contributed by atoms with E-state index in [1.54, 1.807) is 0 Å². The Morgan fingerprint density at radius 2 is 1.86 bits per heavy atom. The van der Waals surface area contributed by atoms with Crippen molar-refractivity contribution < 1.29 is 27.5 Å². The third kappa shape index (κ3) is 5.01. The number of carbonyl (C=O) groups is 2. The van der Waals surface area contributed by atoms with E-state index in [2.05, 4.69) is 22.6 Å². The zero-order valence-electron chi connectivity index (χ0n) is 11.7. The SMILES string of the molecule is CC1=C(I)CC(C(C)C)=C(OC(=O)NC(=O)C(F)(F)F)C1. The molecule has 0 unspecified atom stereocenters. The molecule has 0 aromatic heterocycles. The first-order valence-corrected chi connectivity index (χ1v) is 7.26. The van der Waals surface area contributed by atoms with Gasteiger partial charge in [-0.1, -0.05) is 19.4 Å². The van der Waals surface area contributed by atoms with Crippen LogP contribution in [0, 0.1) is 5.92 Å². The van der Waals surface area contributed by atoms with Gasteiger partial charge < -0.3 is 4.74 Å². The molecule has 21 heavy (non-hydrogen) atoms. The summed E-state index contributed by atoms with van der Waals surface area (Å²) in [5.41, 5.74) is 1.84. The first kappa shape index (κ1) is 18.0. The van der Waals surface area contributed by atoms with Crippen molar-refractivity contribution in [3.63, 3.8) is 0 Å². The van der Waals surface area contributed by atoms with Gasteiger partial charge in [-0.25, -0.2) is 4.79 Å². The minimum Gasteiger partial charge on any atom is -0.414 e. The predicted molar refractivity (Wildman–Crippen MR) is 78.5 cm³/mol. The summed E-state index contributed by atoms with van der Waals surface area (Å²) in [6, 6.07) is 0. The van der Waals surface area contributed by atoms with Crippen LogP contribution in [0.1, 0.15) is 33.6 Å². The smallest absolute Gasteiger partial charge is 0.414 e. The summed E-state index contributed by atoms with van der Waals surface area (Å²) in [6.07, 6.45) is -5.58. The maximum Gasteiger partial charge on any atom is 0.471 e. The Hall–Kier alpha value is -1.06. The summed E-state index contributed by atoms with van der Waals surface area (Å²) >= 11 is 2.19. The molecule has 0 atom stereocenters. The number of ether oxygens (including phenoxy) is 1. The van der Waals surface area contributed by atoms with E-state index in [9.17, 15) is 22.8 Å². The number of hydrogen-bond acceptors (Lipinski definition) is 3. The lowest BCUT2D eigenvalue weighted by molar-refractivity contribution is -0.172. The van der Waals surface area contributed by atoms with Crippen LogP contribution in [0.5, 0.6) is 0 Å². The van der Waals surface area contributed by atoms with Crippen molar-refractivity contribution in [2.24, 2.45) is 5.92 Å². The first-order valence-electron chi connectivity index (χ1n) is 6.18. The monoisotopic (exact) mass is 417 g/mol. The fourth-order valence-electron chi connectivity index (χ4n) is 1.80. The summed E-state index contributed by atoms with van der Waals surface area (Å²) in [4.78, 5) is 22.1. The van der Waals surface area contributed by atoms with Crippen molar-refractivity contribution in [2.45, 2.75) is 39.8 Å². The molecule has 1 rings (SSSR count). The van der Waals surface area contributed by atoms with Gasteiger partial charge in [-0.05, 0) is 44.6 Å². The number of hydrogen-bond donors (Lipinski definition) is 1. The van der Waals surface area contributed by atoms with Gasteiger partial charge in [-0.3, -0.25) is 10.1 Å². The number of alkyl halides is 3. The molecule has 0 spiro atoms. The van der Waals surface area contributed by atoms with Crippen molar-refractivity contribution in [1.29, 1.82) is 0 Å². The van der Waals surface area contributed by atoms with Crippen molar-refractivity contribution in [3.05, 3.63) is 20.5 Å². The van der Waals surface area contributed by atoms with Crippen molar-refractivity contribution in [2.75, 3.05) is 0 Å². The van der Waals surface area contributed by atoms with E-state index in [1.165, 1.54) is 5.32 Å². The number of amides is 2. The second-order valence-electron chi connectivity index (χ2n) is 4.98. The van der Waals surface area contributed by atoms with Crippen molar-refractivity contribution in [1.82, 2.24) is 5.32 Å². The van der Waals surface area contributed by atoms with Crippen molar-refractivity contribution in [3.8, 4) is 0 Å². The number of nitrogens with one attached hydrogen (secondary N) is 1. The number of carbonyl (C=O) groups excluding carboxylic acids is 2. The molecule has 8 heteroatoms. The highest BCUT2D eigenvalue weighted by atomic mass is 127. The molecule has 0 aromatic rings. The van der Waals surface area contributed by atoms with Crippen LogP contribution < -0.4 is 5.32 Å². The third-order valence-corrected chi connectivity index (χ3v) is 4.28. The highest BCUT2D eigenvalue weighted by Crippen LogP contribution is 2.37. The molecule has 0 heterocycles. The van der Waals surface area contributed by atoms with Crippen LogP contribution >= 0.6 is 22.6 Å². The topological polar surface area (TPSA) is 55.4 Å². The summed E-state index contributed by atoms with van der Waals surface area (Å²) in [5, 5.41) is 1.18. The Morgan fingerprint density at radius 3 is 2.33 bits per heavy atom. The summed E-state index contributed by atoms with van der Waals surface area (Å²) in [6.45, 7) is 5.67. The summed E-state index contributed by atoms with van der Waals surface area (Å²) in [7, 11) is 0. The van der Waals surface area contributed by atoms with Gasteiger partial charge in [-0.2, -0.15) is 13.2 Å². The molecule has 0 bridgehead atoms. The molecule has 1 aliphatic carbocycles. The van der Waals surface area contributed by atoms with Crippen LogP contribution in [0.2, 0.25) is 0 Å². The maximum atomic E-state index is 12.1. The molecule has 0 radical (unpaired) electrons. The molecule has 0 aliphatic heterocycles. The van der Waals surface area contributed by atoms with Crippen LogP contribution in [-0.2, 0) is 9.53 Å². The fourth-order valence-corrected chi connectivity index (χ4v) is 2.40. The Kier molecular flexibility index (Phi) is 5.83. The van der Waals surface area contributed by atoms with Gasteiger partial charge in [0.15, 0.2) is 0 Å². The lowest BCUT2D eigenvalue weighted by Gasteiger charge is -2.23. The summed E-state index contributed by atoms with van der Waals surface area (Å²) in [5.74, 6) is -1.93. The van der Waals surface area contributed by atoms with Gasteiger partial charge in [0.2, 0.25) is 0 Å². The normalized spacial score (nSPS) is 16.4. The number of halogens is 4. The third-order valence-electron chi connectivity index (χ3n) is 2.98. The van der Waals surface area contributed by atoms with Crippen LogP contribution in [-0.4, -0.2) is 18.2 Å². The van der Waals surface area contributed by atoms with E-state index < -0.39 is 18.2 Å².